The van der Waals surface area contributed by atoms with E-state index in [1.165, 1.54) is 24.3 Å². The van der Waals surface area contributed by atoms with Crippen LogP contribution >= 0.6 is 0 Å². The predicted molar refractivity (Wildman–Crippen MR) is 148 cm³/mol. The molecule has 0 radical (unpaired) electrons. The Morgan fingerprint density at radius 2 is 1.36 bits per heavy atom. The van der Waals surface area contributed by atoms with Gasteiger partial charge in [0.2, 0.25) is 0 Å². The third kappa shape index (κ3) is 3.50. The molecule has 2 aliphatic heterocycles. The molecule has 4 nitrogen and oxygen atoms in total. The van der Waals surface area contributed by atoms with E-state index in [4.69, 9.17) is 0 Å². The molecular formula is C34H21F4NO3. The second kappa shape index (κ2) is 9.08. The standard InChI is InChI=1S/C34H21F4NO3/c35-23-16-11-21(12-17-23)30(40)29-28(20-9-14-22(15-10-20)34(36,37)38)33(31(41)24-6-2-3-7-25(24)32(33)42)27-18-13-19-5-1-4-8-26(19)39(27)29/h1-18,27-29H/t27-,28-,29+/m0/s1. The van der Waals surface area contributed by atoms with Crippen LogP contribution in [0.1, 0.15) is 53.7 Å². The molecule has 0 N–H and O–H groups in total. The molecule has 4 aromatic rings. The molecule has 42 heavy (non-hydrogen) atoms. The average Bonchev–Trinajstić information content (AvgIpc) is 3.43. The third-order valence-electron chi connectivity index (χ3n) is 8.71. The van der Waals surface area contributed by atoms with Gasteiger partial charge in [-0.3, -0.25) is 14.4 Å². The zero-order valence-corrected chi connectivity index (χ0v) is 21.8. The molecule has 1 aliphatic carbocycles. The maximum atomic E-state index is 14.5. The molecule has 1 spiro atoms. The van der Waals surface area contributed by atoms with E-state index in [0.29, 0.717) is 5.69 Å². The zero-order chi connectivity index (χ0) is 29.4. The van der Waals surface area contributed by atoms with Gasteiger partial charge in [0.15, 0.2) is 17.3 Å². The van der Waals surface area contributed by atoms with Gasteiger partial charge in [0, 0.05) is 28.3 Å². The topological polar surface area (TPSA) is 54.5 Å². The van der Waals surface area contributed by atoms with E-state index >= 15 is 0 Å². The number of hydrogen-bond acceptors (Lipinski definition) is 4. The first kappa shape index (κ1) is 26.1. The summed E-state index contributed by atoms with van der Waals surface area (Å²) in [5.74, 6) is -3.16. The van der Waals surface area contributed by atoms with Crippen molar-refractivity contribution in [3.8, 4) is 0 Å². The summed E-state index contributed by atoms with van der Waals surface area (Å²) in [5, 5.41) is 0. The van der Waals surface area contributed by atoms with Gasteiger partial charge in [0.05, 0.1) is 11.6 Å². The number of Topliss-reactive ketones (excluding diaryl/α,β-unsaturated/α-hetero) is 3. The van der Waals surface area contributed by atoms with Crippen molar-refractivity contribution in [2.24, 2.45) is 5.41 Å². The normalized spacial score (nSPS) is 21.8. The van der Waals surface area contributed by atoms with E-state index in [9.17, 15) is 31.9 Å². The number of hydrogen-bond donors (Lipinski definition) is 0. The molecule has 4 aromatic carbocycles. The number of ketones is 3. The highest BCUT2D eigenvalue weighted by Gasteiger charge is 2.71. The quantitative estimate of drug-likeness (QED) is 0.150. The van der Waals surface area contributed by atoms with E-state index < -0.39 is 58.3 Å². The van der Waals surface area contributed by atoms with Crippen molar-refractivity contribution in [3.05, 3.63) is 142 Å². The van der Waals surface area contributed by atoms with Gasteiger partial charge in [-0.2, -0.15) is 13.2 Å². The number of alkyl halides is 3. The Labute approximate surface area is 237 Å². The van der Waals surface area contributed by atoms with Crippen LogP contribution in [0.4, 0.5) is 23.2 Å². The van der Waals surface area contributed by atoms with Gasteiger partial charge in [0.1, 0.15) is 17.3 Å². The largest absolute Gasteiger partial charge is 0.416 e. The molecule has 3 aliphatic rings. The predicted octanol–water partition coefficient (Wildman–Crippen LogP) is 7.16. The van der Waals surface area contributed by atoms with E-state index in [2.05, 4.69) is 0 Å². The summed E-state index contributed by atoms with van der Waals surface area (Å²) in [6, 6.07) is 20.8. The fourth-order valence-corrected chi connectivity index (χ4v) is 6.95. The van der Waals surface area contributed by atoms with Crippen LogP contribution in [0, 0.1) is 11.2 Å². The molecule has 1 saturated heterocycles. The molecule has 0 saturated carbocycles. The number of carbonyl (C=O) groups is 3. The second-order valence-electron chi connectivity index (χ2n) is 10.8. The lowest BCUT2D eigenvalue weighted by Gasteiger charge is -2.37. The molecular weight excluding hydrogens is 546 g/mol. The van der Waals surface area contributed by atoms with Crippen LogP contribution in [0.15, 0.2) is 103 Å². The number of nitrogens with zero attached hydrogens (tertiary/aromatic N) is 1. The van der Waals surface area contributed by atoms with Crippen molar-refractivity contribution >= 4 is 29.1 Å². The molecule has 3 atom stereocenters. The summed E-state index contributed by atoms with van der Waals surface area (Å²) in [5.41, 5.74) is -0.554. The summed E-state index contributed by atoms with van der Waals surface area (Å²) in [6.45, 7) is 0. The fourth-order valence-electron chi connectivity index (χ4n) is 6.95. The Morgan fingerprint density at radius 1 is 0.762 bits per heavy atom. The number of carbonyl (C=O) groups excluding carboxylic acids is 3. The van der Waals surface area contributed by atoms with E-state index in [1.807, 2.05) is 12.1 Å². The highest BCUT2D eigenvalue weighted by atomic mass is 19.4. The molecule has 0 unspecified atom stereocenters. The van der Waals surface area contributed by atoms with Crippen molar-refractivity contribution in [1.82, 2.24) is 0 Å². The van der Waals surface area contributed by atoms with Crippen molar-refractivity contribution in [2.75, 3.05) is 4.90 Å². The lowest BCUT2D eigenvalue weighted by Crippen LogP contribution is -2.48. The van der Waals surface area contributed by atoms with Gasteiger partial charge in [-0.25, -0.2) is 4.39 Å². The fraction of sp³-hybridized carbons (Fsp3) is 0.147. The van der Waals surface area contributed by atoms with Crippen LogP contribution in [0.3, 0.4) is 0 Å². The number of halogens is 4. The zero-order valence-electron chi connectivity index (χ0n) is 21.8. The van der Waals surface area contributed by atoms with Gasteiger partial charge in [-0.1, -0.05) is 66.7 Å². The van der Waals surface area contributed by atoms with Gasteiger partial charge < -0.3 is 4.90 Å². The molecule has 0 amide bonds. The smallest absolute Gasteiger partial charge is 0.352 e. The first-order valence-electron chi connectivity index (χ1n) is 13.3. The summed E-state index contributed by atoms with van der Waals surface area (Å²) < 4.78 is 54.5. The highest BCUT2D eigenvalue weighted by molar-refractivity contribution is 6.32. The monoisotopic (exact) mass is 567 g/mol. The van der Waals surface area contributed by atoms with Crippen molar-refractivity contribution < 1.29 is 31.9 Å². The lowest BCUT2D eigenvalue weighted by molar-refractivity contribution is -0.137. The first-order valence-corrected chi connectivity index (χ1v) is 13.3. The second-order valence-corrected chi connectivity index (χ2v) is 10.8. The Kier molecular flexibility index (Phi) is 5.63. The average molecular weight is 568 g/mol. The summed E-state index contributed by atoms with van der Waals surface area (Å²) >= 11 is 0. The van der Waals surface area contributed by atoms with Gasteiger partial charge in [0.25, 0.3) is 0 Å². The van der Waals surface area contributed by atoms with Gasteiger partial charge in [-0.15, -0.1) is 0 Å². The van der Waals surface area contributed by atoms with Gasteiger partial charge in [-0.05, 0) is 53.6 Å². The minimum Gasteiger partial charge on any atom is -0.352 e. The van der Waals surface area contributed by atoms with Crippen molar-refractivity contribution in [2.45, 2.75) is 24.2 Å². The number of fused-ring (bicyclic) bond motifs is 5. The van der Waals surface area contributed by atoms with E-state index in [1.54, 1.807) is 53.5 Å². The minimum absolute atomic E-state index is 0.150. The first-order chi connectivity index (χ1) is 20.1. The highest BCUT2D eigenvalue weighted by Crippen LogP contribution is 2.61. The van der Waals surface area contributed by atoms with Crippen LogP contribution in [0.25, 0.3) is 6.08 Å². The van der Waals surface area contributed by atoms with Crippen LogP contribution in [0.2, 0.25) is 0 Å². The number of anilines is 1. The van der Waals surface area contributed by atoms with Crippen LogP contribution in [-0.4, -0.2) is 29.4 Å². The Morgan fingerprint density at radius 3 is 1.98 bits per heavy atom. The summed E-state index contributed by atoms with van der Waals surface area (Å²) in [4.78, 5) is 45.3. The molecule has 0 bridgehead atoms. The van der Waals surface area contributed by atoms with Crippen LogP contribution in [0.5, 0.6) is 0 Å². The third-order valence-corrected chi connectivity index (χ3v) is 8.71. The number of rotatable bonds is 3. The number of para-hydroxylation sites is 1. The van der Waals surface area contributed by atoms with Gasteiger partial charge >= 0.3 is 6.18 Å². The van der Waals surface area contributed by atoms with E-state index in [0.717, 1.165) is 29.8 Å². The minimum atomic E-state index is -4.61. The van der Waals surface area contributed by atoms with Crippen molar-refractivity contribution in [3.63, 3.8) is 0 Å². The molecule has 1 fully saturated rings. The maximum absolute atomic E-state index is 14.5. The summed E-state index contributed by atoms with van der Waals surface area (Å²) in [7, 11) is 0. The lowest BCUT2D eigenvalue weighted by atomic mass is 9.64. The van der Waals surface area contributed by atoms with Crippen LogP contribution in [-0.2, 0) is 6.18 Å². The number of benzene rings is 4. The maximum Gasteiger partial charge on any atom is 0.416 e. The molecule has 0 aromatic heterocycles. The summed E-state index contributed by atoms with van der Waals surface area (Å²) in [6.07, 6.45) is -1.07. The van der Waals surface area contributed by atoms with Crippen molar-refractivity contribution in [1.29, 1.82) is 0 Å². The Balaban J connectivity index is 1.53. The SMILES string of the molecule is O=C(c1ccc(F)cc1)[C@H]1[C@H](c2ccc(C(F)(F)F)cc2)C2(C(=O)c3ccccc3C2=O)[C@@H]2C=Cc3ccccc3N21. The Bertz CT molecular complexity index is 1770. The molecule has 2 heterocycles. The molecule has 7 rings (SSSR count). The molecule has 8 heteroatoms. The van der Waals surface area contributed by atoms with Crippen LogP contribution < -0.4 is 4.90 Å². The molecule has 208 valence electrons. The van der Waals surface area contributed by atoms with E-state index in [-0.39, 0.29) is 22.3 Å². The Hall–Kier alpha value is -4.85.